The summed E-state index contributed by atoms with van der Waals surface area (Å²) in [6, 6.07) is 4.08. The van der Waals surface area contributed by atoms with Crippen molar-refractivity contribution in [2.75, 3.05) is 33.2 Å². The summed E-state index contributed by atoms with van der Waals surface area (Å²) < 4.78 is 0. The first-order valence-corrected chi connectivity index (χ1v) is 8.08. The lowest BCUT2D eigenvalue weighted by molar-refractivity contribution is -0.136. The molecular weight excluding hydrogens is 262 g/mol. The van der Waals surface area contributed by atoms with Crippen LogP contribution in [0.1, 0.15) is 37.2 Å². The number of piperidine rings is 1. The number of hydrogen-bond donors (Lipinski definition) is 0. The quantitative estimate of drug-likeness (QED) is 0.851. The van der Waals surface area contributed by atoms with Crippen LogP contribution in [0.5, 0.6) is 0 Å². The van der Waals surface area contributed by atoms with Crippen molar-refractivity contribution >= 4 is 5.91 Å². The standard InChI is InChI=1S/C17H25N3O/c1-19-9-3-4-14(11-19)6-7-17(21)20-12-16(13-20)15-5-2-8-18-10-15/h2,5,8,10,14,16H,3-4,6-7,9,11-13H2,1H3/t14-/m0/s1. The van der Waals surface area contributed by atoms with E-state index in [0.717, 1.165) is 32.5 Å². The molecule has 0 spiro atoms. The second-order valence-electron chi connectivity index (χ2n) is 6.59. The van der Waals surface area contributed by atoms with Crippen LogP contribution in [0.25, 0.3) is 0 Å². The first-order valence-electron chi connectivity index (χ1n) is 8.08. The van der Waals surface area contributed by atoms with Crippen molar-refractivity contribution in [2.24, 2.45) is 5.92 Å². The molecule has 0 aliphatic carbocycles. The Balaban J connectivity index is 1.39. The van der Waals surface area contributed by atoms with E-state index in [4.69, 9.17) is 0 Å². The fourth-order valence-corrected chi connectivity index (χ4v) is 3.51. The zero-order valence-corrected chi connectivity index (χ0v) is 12.9. The van der Waals surface area contributed by atoms with Gasteiger partial charge in [-0.05, 0) is 50.4 Å². The molecule has 1 aromatic rings. The Bertz CT molecular complexity index is 470. The maximum atomic E-state index is 12.2. The molecule has 3 rings (SSSR count). The highest BCUT2D eigenvalue weighted by Crippen LogP contribution is 2.28. The molecule has 21 heavy (non-hydrogen) atoms. The fraction of sp³-hybridized carbons (Fsp3) is 0.647. The van der Waals surface area contributed by atoms with Gasteiger partial charge in [-0.25, -0.2) is 0 Å². The van der Waals surface area contributed by atoms with E-state index in [2.05, 4.69) is 23.0 Å². The lowest BCUT2D eigenvalue weighted by Crippen LogP contribution is -2.48. The Morgan fingerprint density at radius 3 is 2.95 bits per heavy atom. The van der Waals surface area contributed by atoms with E-state index in [0.29, 0.717) is 17.7 Å². The van der Waals surface area contributed by atoms with Gasteiger partial charge >= 0.3 is 0 Å². The molecule has 1 aromatic heterocycles. The fourth-order valence-electron chi connectivity index (χ4n) is 3.51. The SMILES string of the molecule is CN1CCC[C@@H](CCC(=O)N2CC(c3cccnc3)C2)C1. The molecule has 2 aliphatic rings. The minimum atomic E-state index is 0.336. The zero-order valence-electron chi connectivity index (χ0n) is 12.9. The summed E-state index contributed by atoms with van der Waals surface area (Å²) >= 11 is 0. The van der Waals surface area contributed by atoms with Gasteiger partial charge in [0.2, 0.25) is 5.91 Å². The van der Waals surface area contributed by atoms with Gasteiger partial charge in [0.25, 0.3) is 0 Å². The monoisotopic (exact) mass is 287 g/mol. The second-order valence-corrected chi connectivity index (χ2v) is 6.59. The van der Waals surface area contributed by atoms with E-state index >= 15 is 0 Å². The number of pyridine rings is 1. The number of amides is 1. The number of likely N-dealkylation sites (tertiary alicyclic amines) is 2. The van der Waals surface area contributed by atoms with Crippen LogP contribution in [0.15, 0.2) is 24.5 Å². The summed E-state index contributed by atoms with van der Waals surface area (Å²) in [5.74, 6) is 1.54. The van der Waals surface area contributed by atoms with Crippen LogP contribution in [0, 0.1) is 5.92 Å². The van der Waals surface area contributed by atoms with Gasteiger partial charge in [0, 0.05) is 44.4 Å². The molecule has 0 N–H and O–H groups in total. The molecule has 3 heterocycles. The average Bonchev–Trinajstić information content (AvgIpc) is 2.45. The van der Waals surface area contributed by atoms with Crippen molar-refractivity contribution in [2.45, 2.75) is 31.6 Å². The molecular formula is C17H25N3O. The van der Waals surface area contributed by atoms with Crippen molar-refractivity contribution in [3.63, 3.8) is 0 Å². The predicted molar refractivity (Wildman–Crippen MR) is 83.0 cm³/mol. The normalized spacial score (nSPS) is 23.9. The Labute approximate surface area is 127 Å². The van der Waals surface area contributed by atoms with Crippen LogP contribution in [-0.2, 0) is 4.79 Å². The van der Waals surface area contributed by atoms with Gasteiger partial charge in [-0.1, -0.05) is 6.07 Å². The van der Waals surface area contributed by atoms with Crippen LogP contribution in [-0.4, -0.2) is 53.9 Å². The summed E-state index contributed by atoms with van der Waals surface area (Å²) in [5, 5.41) is 0. The van der Waals surface area contributed by atoms with E-state index in [1.54, 1.807) is 6.20 Å². The summed E-state index contributed by atoms with van der Waals surface area (Å²) in [6.07, 6.45) is 8.06. The Kier molecular flexibility index (Phi) is 4.54. The third-order valence-corrected chi connectivity index (χ3v) is 4.88. The molecule has 4 nitrogen and oxygen atoms in total. The predicted octanol–water partition coefficient (Wildman–Crippen LogP) is 2.13. The van der Waals surface area contributed by atoms with Crippen molar-refractivity contribution in [1.82, 2.24) is 14.8 Å². The van der Waals surface area contributed by atoms with Gasteiger partial charge < -0.3 is 9.80 Å². The molecule has 4 heteroatoms. The topological polar surface area (TPSA) is 36.4 Å². The van der Waals surface area contributed by atoms with Crippen molar-refractivity contribution in [1.29, 1.82) is 0 Å². The summed E-state index contributed by atoms with van der Waals surface area (Å²) in [6.45, 7) is 4.11. The molecule has 0 saturated carbocycles. The van der Waals surface area contributed by atoms with Crippen LogP contribution < -0.4 is 0 Å². The maximum Gasteiger partial charge on any atom is 0.222 e. The third-order valence-electron chi connectivity index (χ3n) is 4.88. The average molecular weight is 287 g/mol. The summed E-state index contributed by atoms with van der Waals surface area (Å²) in [4.78, 5) is 20.8. The molecule has 1 atom stereocenters. The zero-order chi connectivity index (χ0) is 14.7. The van der Waals surface area contributed by atoms with Gasteiger partial charge in [0.1, 0.15) is 0 Å². The van der Waals surface area contributed by atoms with Crippen molar-refractivity contribution in [3.8, 4) is 0 Å². The molecule has 0 unspecified atom stereocenters. The van der Waals surface area contributed by atoms with Crippen molar-refractivity contribution in [3.05, 3.63) is 30.1 Å². The van der Waals surface area contributed by atoms with Crippen LogP contribution >= 0.6 is 0 Å². The molecule has 0 bridgehead atoms. The molecule has 0 aromatic carbocycles. The number of hydrogen-bond acceptors (Lipinski definition) is 3. The van der Waals surface area contributed by atoms with E-state index < -0.39 is 0 Å². The number of nitrogens with zero attached hydrogens (tertiary/aromatic N) is 3. The highest BCUT2D eigenvalue weighted by atomic mass is 16.2. The Hall–Kier alpha value is -1.42. The second kappa shape index (κ2) is 6.56. The Morgan fingerprint density at radius 1 is 1.38 bits per heavy atom. The van der Waals surface area contributed by atoms with E-state index in [1.165, 1.54) is 24.9 Å². The lowest BCUT2D eigenvalue weighted by Gasteiger charge is -2.40. The van der Waals surface area contributed by atoms with Crippen LogP contribution in [0.3, 0.4) is 0 Å². The highest BCUT2D eigenvalue weighted by molar-refractivity contribution is 5.77. The maximum absolute atomic E-state index is 12.2. The van der Waals surface area contributed by atoms with Gasteiger partial charge in [-0.2, -0.15) is 0 Å². The van der Waals surface area contributed by atoms with Gasteiger partial charge in [-0.3, -0.25) is 9.78 Å². The highest BCUT2D eigenvalue weighted by Gasteiger charge is 2.31. The number of carbonyl (C=O) groups is 1. The largest absolute Gasteiger partial charge is 0.341 e. The number of aromatic nitrogens is 1. The minimum absolute atomic E-state index is 0.336. The van der Waals surface area contributed by atoms with E-state index in [9.17, 15) is 4.79 Å². The minimum Gasteiger partial charge on any atom is -0.341 e. The van der Waals surface area contributed by atoms with Gasteiger partial charge in [0.05, 0.1) is 0 Å². The lowest BCUT2D eigenvalue weighted by atomic mass is 9.90. The molecule has 2 fully saturated rings. The van der Waals surface area contributed by atoms with Crippen LogP contribution in [0.4, 0.5) is 0 Å². The van der Waals surface area contributed by atoms with Gasteiger partial charge in [-0.15, -0.1) is 0 Å². The number of rotatable bonds is 4. The molecule has 0 radical (unpaired) electrons. The van der Waals surface area contributed by atoms with Crippen LogP contribution in [0.2, 0.25) is 0 Å². The van der Waals surface area contributed by atoms with E-state index in [-0.39, 0.29) is 0 Å². The Morgan fingerprint density at radius 2 is 2.24 bits per heavy atom. The molecule has 2 aliphatic heterocycles. The molecule has 114 valence electrons. The summed E-state index contributed by atoms with van der Waals surface area (Å²) in [5.41, 5.74) is 1.26. The summed E-state index contributed by atoms with van der Waals surface area (Å²) in [7, 11) is 2.18. The smallest absolute Gasteiger partial charge is 0.222 e. The van der Waals surface area contributed by atoms with E-state index in [1.807, 2.05) is 17.2 Å². The number of carbonyl (C=O) groups excluding carboxylic acids is 1. The first kappa shape index (κ1) is 14.5. The molecule has 1 amide bonds. The third kappa shape index (κ3) is 3.62. The molecule has 2 saturated heterocycles. The first-order chi connectivity index (χ1) is 10.2. The van der Waals surface area contributed by atoms with Gasteiger partial charge in [0.15, 0.2) is 0 Å². The van der Waals surface area contributed by atoms with Crippen molar-refractivity contribution < 1.29 is 4.79 Å².